The van der Waals surface area contributed by atoms with Gasteiger partial charge in [0.2, 0.25) is 0 Å². The van der Waals surface area contributed by atoms with Gasteiger partial charge in [-0.25, -0.2) is 9.13 Å². The number of esters is 4. The van der Waals surface area contributed by atoms with Crippen LogP contribution >= 0.6 is 15.6 Å². The van der Waals surface area contributed by atoms with E-state index >= 15 is 0 Å². The van der Waals surface area contributed by atoms with Crippen LogP contribution in [0, 0.1) is 5.92 Å². The molecule has 0 saturated carbocycles. The minimum atomic E-state index is -4.94. The number of rotatable bonds is 66. The highest BCUT2D eigenvalue weighted by Gasteiger charge is 2.30. The third-order valence-electron chi connectivity index (χ3n) is 15.6. The van der Waals surface area contributed by atoms with Gasteiger partial charge >= 0.3 is 39.5 Å². The second kappa shape index (κ2) is 59.7. The first kappa shape index (κ1) is 83.1. The summed E-state index contributed by atoms with van der Waals surface area (Å²) >= 11 is 0. The molecule has 504 valence electrons. The van der Waals surface area contributed by atoms with Crippen LogP contribution in [0.15, 0.2) is 0 Å². The molecular weight excluding hydrogens is 1130 g/mol. The van der Waals surface area contributed by atoms with Gasteiger partial charge in [-0.2, -0.15) is 0 Å². The van der Waals surface area contributed by atoms with Crippen molar-refractivity contribution in [2.45, 2.75) is 355 Å². The SMILES string of the molecule is CCCCCCCCCCCC(=O)OC[C@H](COP(=O)(O)OC[C@H](O)COP(=O)(O)OC[C@@H](COC(=O)CCCCCCCCCCC)OC(=O)CCCCCCCCCCCCCCCCC(C)CC)OC(=O)CCCCCCCCCCC. The largest absolute Gasteiger partial charge is 0.472 e. The lowest BCUT2D eigenvalue weighted by Gasteiger charge is -2.21. The number of hydrogen-bond donors (Lipinski definition) is 3. The van der Waals surface area contributed by atoms with Gasteiger partial charge in [-0.3, -0.25) is 37.3 Å². The number of phosphoric acid groups is 2. The van der Waals surface area contributed by atoms with Crippen molar-refractivity contribution in [3.63, 3.8) is 0 Å². The number of hydrogen-bond acceptors (Lipinski definition) is 15. The molecule has 19 heteroatoms. The molecule has 0 rings (SSSR count). The lowest BCUT2D eigenvalue weighted by Crippen LogP contribution is -2.30. The predicted molar refractivity (Wildman–Crippen MR) is 340 cm³/mol. The molecule has 0 radical (unpaired) electrons. The summed E-state index contributed by atoms with van der Waals surface area (Å²) < 4.78 is 68.0. The lowest BCUT2D eigenvalue weighted by molar-refractivity contribution is -0.161. The minimum Gasteiger partial charge on any atom is -0.462 e. The van der Waals surface area contributed by atoms with Crippen molar-refractivity contribution < 1.29 is 80.2 Å². The van der Waals surface area contributed by atoms with Crippen LogP contribution in [-0.4, -0.2) is 96.7 Å². The summed E-state index contributed by atoms with van der Waals surface area (Å²) in [7, 11) is -9.88. The van der Waals surface area contributed by atoms with Gasteiger partial charge in [-0.1, -0.05) is 285 Å². The van der Waals surface area contributed by atoms with E-state index in [1.54, 1.807) is 0 Å². The maximum atomic E-state index is 13.0. The third kappa shape index (κ3) is 59.5. The molecule has 6 atom stereocenters. The third-order valence-corrected chi connectivity index (χ3v) is 17.5. The normalized spacial score (nSPS) is 14.5. The van der Waals surface area contributed by atoms with Crippen molar-refractivity contribution in [1.82, 2.24) is 0 Å². The molecule has 0 aromatic heterocycles. The molecular formula is C66H128O17P2. The highest BCUT2D eigenvalue weighted by molar-refractivity contribution is 7.47. The summed E-state index contributed by atoms with van der Waals surface area (Å²) in [5.74, 6) is -1.29. The maximum Gasteiger partial charge on any atom is 0.472 e. The molecule has 0 aliphatic rings. The van der Waals surface area contributed by atoms with Gasteiger partial charge in [-0.05, 0) is 31.6 Å². The van der Waals surface area contributed by atoms with Crippen LogP contribution < -0.4 is 0 Å². The first-order valence-corrected chi connectivity index (χ1v) is 37.7. The summed E-state index contributed by atoms with van der Waals surface area (Å²) in [4.78, 5) is 72.2. The van der Waals surface area contributed by atoms with E-state index in [1.165, 1.54) is 161 Å². The zero-order chi connectivity index (χ0) is 62.8. The van der Waals surface area contributed by atoms with Crippen LogP contribution in [-0.2, 0) is 65.4 Å². The molecule has 0 aromatic rings. The van der Waals surface area contributed by atoms with Gasteiger partial charge in [0.15, 0.2) is 12.2 Å². The maximum absolute atomic E-state index is 13.0. The Morgan fingerprint density at radius 1 is 0.329 bits per heavy atom. The molecule has 3 unspecified atom stereocenters. The molecule has 17 nitrogen and oxygen atoms in total. The van der Waals surface area contributed by atoms with E-state index in [-0.39, 0.29) is 25.7 Å². The van der Waals surface area contributed by atoms with E-state index in [1.807, 2.05) is 0 Å². The minimum absolute atomic E-state index is 0.106. The van der Waals surface area contributed by atoms with Gasteiger partial charge in [0.05, 0.1) is 26.4 Å². The number of unbranched alkanes of at least 4 members (excludes halogenated alkanes) is 37. The average molecular weight is 1260 g/mol. The van der Waals surface area contributed by atoms with Crippen molar-refractivity contribution in [1.29, 1.82) is 0 Å². The Morgan fingerprint density at radius 3 is 0.835 bits per heavy atom. The van der Waals surface area contributed by atoms with Crippen molar-refractivity contribution in [2.75, 3.05) is 39.6 Å². The summed E-state index contributed by atoms with van der Waals surface area (Å²) in [6, 6.07) is 0. The number of carbonyl (C=O) groups is 4. The van der Waals surface area contributed by atoms with Gasteiger partial charge in [-0.15, -0.1) is 0 Å². The number of carbonyl (C=O) groups excluding carboxylic acids is 4. The van der Waals surface area contributed by atoms with Crippen molar-refractivity contribution in [3.05, 3.63) is 0 Å². The van der Waals surface area contributed by atoms with E-state index in [0.717, 1.165) is 95.8 Å². The highest BCUT2D eigenvalue weighted by Crippen LogP contribution is 2.45. The zero-order valence-electron chi connectivity index (χ0n) is 54.7. The van der Waals surface area contributed by atoms with E-state index in [4.69, 9.17) is 37.0 Å². The Labute approximate surface area is 517 Å². The van der Waals surface area contributed by atoms with Crippen LogP contribution in [0.2, 0.25) is 0 Å². The van der Waals surface area contributed by atoms with Crippen molar-refractivity contribution in [3.8, 4) is 0 Å². The number of aliphatic hydroxyl groups is 1. The van der Waals surface area contributed by atoms with Gasteiger partial charge in [0.25, 0.3) is 0 Å². The first-order valence-electron chi connectivity index (χ1n) is 34.7. The van der Waals surface area contributed by atoms with Gasteiger partial charge in [0.1, 0.15) is 19.3 Å². The molecule has 0 aliphatic heterocycles. The lowest BCUT2D eigenvalue weighted by atomic mass is 9.99. The number of aliphatic hydroxyl groups excluding tert-OH is 1. The Balaban J connectivity index is 5.16. The van der Waals surface area contributed by atoms with Gasteiger partial charge in [0, 0.05) is 25.7 Å². The molecule has 0 bridgehead atoms. The Morgan fingerprint density at radius 2 is 0.565 bits per heavy atom. The van der Waals surface area contributed by atoms with Crippen LogP contribution in [0.25, 0.3) is 0 Å². The Hall–Kier alpha value is -1.94. The summed E-state index contributed by atoms with van der Waals surface area (Å²) in [5, 5.41) is 10.5. The molecule has 85 heavy (non-hydrogen) atoms. The van der Waals surface area contributed by atoms with Gasteiger partial charge < -0.3 is 33.8 Å². The summed E-state index contributed by atoms with van der Waals surface area (Å²) in [6.45, 7) is 7.22. The van der Waals surface area contributed by atoms with E-state index in [9.17, 15) is 43.2 Å². The van der Waals surface area contributed by atoms with E-state index in [2.05, 4.69) is 34.6 Å². The monoisotopic (exact) mass is 1250 g/mol. The second-order valence-electron chi connectivity index (χ2n) is 24.1. The molecule has 0 fully saturated rings. The average Bonchev–Trinajstić information content (AvgIpc) is 3.60. The van der Waals surface area contributed by atoms with Crippen molar-refractivity contribution in [2.24, 2.45) is 5.92 Å². The van der Waals surface area contributed by atoms with Crippen LogP contribution in [0.3, 0.4) is 0 Å². The molecule has 0 aliphatic carbocycles. The van der Waals surface area contributed by atoms with Crippen LogP contribution in [0.1, 0.15) is 336 Å². The molecule has 0 heterocycles. The topological polar surface area (TPSA) is 237 Å². The van der Waals surface area contributed by atoms with Crippen LogP contribution in [0.5, 0.6) is 0 Å². The first-order chi connectivity index (χ1) is 41.1. The van der Waals surface area contributed by atoms with Crippen molar-refractivity contribution >= 4 is 39.5 Å². The quantitative estimate of drug-likeness (QED) is 0.0222. The predicted octanol–water partition coefficient (Wildman–Crippen LogP) is 18.6. The zero-order valence-corrected chi connectivity index (χ0v) is 56.5. The van der Waals surface area contributed by atoms with E-state index < -0.39 is 97.5 Å². The summed E-state index contributed by atoms with van der Waals surface area (Å²) in [5.41, 5.74) is 0. The fraction of sp³-hybridized carbons (Fsp3) is 0.939. The highest BCUT2D eigenvalue weighted by atomic mass is 31.2. The number of phosphoric ester groups is 2. The molecule has 0 saturated heterocycles. The molecule has 3 N–H and O–H groups in total. The fourth-order valence-corrected chi connectivity index (χ4v) is 11.5. The van der Waals surface area contributed by atoms with Crippen LogP contribution in [0.4, 0.5) is 0 Å². The Kier molecular flexibility index (Phi) is 58.3. The second-order valence-corrected chi connectivity index (χ2v) is 27.0. The fourth-order valence-electron chi connectivity index (χ4n) is 9.90. The molecule has 0 aromatic carbocycles. The smallest absolute Gasteiger partial charge is 0.462 e. The molecule has 0 spiro atoms. The Bertz CT molecular complexity index is 1650. The standard InChI is InChI=1S/C66H128O17P2/c1-6-10-13-16-19-28-34-39-44-49-63(68)76-55-61(82-65(70)51-46-41-36-30-21-18-15-12-8-3)57-80-84(72,73)78-53-60(67)54-79-85(74,75)81-58-62(56-77-64(69)50-45-40-35-29-20-17-14-11-7-2)83-66(71)52-47-42-37-32-27-25-23-22-24-26-31-33-38-43-48-59(5)9-4/h59-62,67H,6-58H2,1-5H3,(H,72,73)(H,74,75)/t59?,60-,61+,62+/m0/s1. The molecule has 0 amide bonds. The summed E-state index contributed by atoms with van der Waals surface area (Å²) in [6.07, 6.45) is 44.4. The number of ether oxygens (including phenoxy) is 4. The van der Waals surface area contributed by atoms with E-state index in [0.29, 0.717) is 25.7 Å².